The first-order valence-electron chi connectivity index (χ1n) is 8.85. The van der Waals surface area contributed by atoms with Gasteiger partial charge < -0.3 is 4.42 Å². The average molecular weight is 411 g/mol. The van der Waals surface area contributed by atoms with E-state index in [9.17, 15) is 18.0 Å². The monoisotopic (exact) mass is 411 g/mol. The Morgan fingerprint density at radius 3 is 2.70 bits per heavy atom. The molecule has 0 aliphatic rings. The molecule has 0 unspecified atom stereocenters. The molecule has 30 heavy (non-hydrogen) atoms. The van der Waals surface area contributed by atoms with Crippen molar-refractivity contribution in [3.8, 4) is 5.69 Å². The quantitative estimate of drug-likeness (QED) is 0.451. The van der Waals surface area contributed by atoms with Crippen LogP contribution >= 0.6 is 0 Å². The molecule has 3 aromatic heterocycles. The third-order valence-corrected chi connectivity index (χ3v) is 4.62. The number of halogens is 3. The van der Waals surface area contributed by atoms with Crippen LogP contribution in [0.3, 0.4) is 0 Å². The summed E-state index contributed by atoms with van der Waals surface area (Å²) in [5.74, 6) is 0.338. The van der Waals surface area contributed by atoms with E-state index >= 15 is 0 Å². The number of hydrogen-bond donors (Lipinski definition) is 0. The van der Waals surface area contributed by atoms with E-state index in [4.69, 9.17) is 4.42 Å². The summed E-state index contributed by atoms with van der Waals surface area (Å²) in [6.07, 6.45) is -1.91. The van der Waals surface area contributed by atoms with Gasteiger partial charge in [-0.05, 0) is 30.3 Å². The highest BCUT2D eigenvalue weighted by Crippen LogP contribution is 2.30. The predicted octanol–water partition coefficient (Wildman–Crippen LogP) is 3.79. The number of benzene rings is 2. The number of alkyl halides is 3. The number of para-hydroxylation sites is 2. The average Bonchev–Trinajstić information content (AvgIpc) is 3.33. The lowest BCUT2D eigenvalue weighted by Crippen LogP contribution is -2.21. The Morgan fingerprint density at radius 2 is 1.90 bits per heavy atom. The Morgan fingerprint density at radius 1 is 1.07 bits per heavy atom. The summed E-state index contributed by atoms with van der Waals surface area (Å²) in [6.45, 7) is 0.0607. The smallest absolute Gasteiger partial charge is 0.416 e. The zero-order chi connectivity index (χ0) is 20.9. The molecule has 5 aromatic rings. The van der Waals surface area contributed by atoms with E-state index in [1.54, 1.807) is 12.1 Å². The SMILES string of the molecule is O=c1c2cnn(-c3cccc(C(F)(F)F)c3)c2ncn1Cc1nc2ccccc2o1. The highest BCUT2D eigenvalue weighted by molar-refractivity contribution is 5.75. The third-order valence-electron chi connectivity index (χ3n) is 4.62. The molecule has 3 heterocycles. The Hall–Kier alpha value is -3.95. The first kappa shape index (κ1) is 18.1. The molecule has 0 aliphatic carbocycles. The lowest BCUT2D eigenvalue weighted by molar-refractivity contribution is -0.137. The highest BCUT2D eigenvalue weighted by atomic mass is 19.4. The van der Waals surface area contributed by atoms with Gasteiger partial charge in [-0.1, -0.05) is 18.2 Å². The highest BCUT2D eigenvalue weighted by Gasteiger charge is 2.30. The predicted molar refractivity (Wildman–Crippen MR) is 101 cm³/mol. The second kappa shape index (κ2) is 6.55. The van der Waals surface area contributed by atoms with Crippen LogP contribution in [0, 0.1) is 0 Å². The summed E-state index contributed by atoms with van der Waals surface area (Å²) in [7, 11) is 0. The van der Waals surface area contributed by atoms with Crippen LogP contribution < -0.4 is 5.56 Å². The van der Waals surface area contributed by atoms with Gasteiger partial charge in [0.2, 0.25) is 5.89 Å². The van der Waals surface area contributed by atoms with E-state index < -0.39 is 17.3 Å². The molecule has 2 aromatic carbocycles. The van der Waals surface area contributed by atoms with Crippen LogP contribution in [-0.4, -0.2) is 24.3 Å². The maximum Gasteiger partial charge on any atom is 0.416 e. The molecule has 0 saturated heterocycles. The summed E-state index contributed by atoms with van der Waals surface area (Å²) >= 11 is 0. The van der Waals surface area contributed by atoms with Crippen molar-refractivity contribution in [2.45, 2.75) is 12.7 Å². The molecule has 0 radical (unpaired) electrons. The number of oxazole rings is 1. The van der Waals surface area contributed by atoms with Crippen molar-refractivity contribution in [3.05, 3.63) is 82.9 Å². The van der Waals surface area contributed by atoms with Crippen molar-refractivity contribution in [3.63, 3.8) is 0 Å². The largest absolute Gasteiger partial charge is 0.439 e. The van der Waals surface area contributed by atoms with Crippen molar-refractivity contribution >= 4 is 22.1 Å². The fraction of sp³-hybridized carbons (Fsp3) is 0.100. The van der Waals surface area contributed by atoms with Gasteiger partial charge in [-0.2, -0.15) is 18.3 Å². The van der Waals surface area contributed by atoms with E-state index in [1.165, 1.54) is 33.9 Å². The standard InChI is InChI=1S/C20H12F3N5O2/c21-20(22,23)12-4-3-5-13(8-12)28-18-14(9-25-28)19(29)27(11-24-18)10-17-26-15-6-1-2-7-16(15)30-17/h1-9,11H,10H2. The van der Waals surface area contributed by atoms with Crippen molar-refractivity contribution in [2.24, 2.45) is 0 Å². The molecule has 0 amide bonds. The number of rotatable bonds is 3. The Balaban J connectivity index is 1.54. The molecule has 0 aliphatic heterocycles. The van der Waals surface area contributed by atoms with Crippen molar-refractivity contribution < 1.29 is 17.6 Å². The van der Waals surface area contributed by atoms with E-state index in [2.05, 4.69) is 15.1 Å². The summed E-state index contributed by atoms with van der Waals surface area (Å²) < 4.78 is 47.2. The Kier molecular flexibility index (Phi) is 3.95. The van der Waals surface area contributed by atoms with Crippen LogP contribution in [0.15, 0.2) is 70.3 Å². The molecule has 0 N–H and O–H groups in total. The number of hydrogen-bond acceptors (Lipinski definition) is 5. The summed E-state index contributed by atoms with van der Waals surface area (Å²) in [4.78, 5) is 21.4. The Labute approximate surface area is 166 Å². The molecule has 0 atom stereocenters. The fourth-order valence-electron chi connectivity index (χ4n) is 3.20. The van der Waals surface area contributed by atoms with Crippen molar-refractivity contribution in [2.75, 3.05) is 0 Å². The maximum atomic E-state index is 13.0. The topological polar surface area (TPSA) is 78.7 Å². The minimum Gasteiger partial charge on any atom is -0.439 e. The van der Waals surface area contributed by atoms with Gasteiger partial charge in [-0.15, -0.1) is 0 Å². The van der Waals surface area contributed by atoms with Gasteiger partial charge in [0.05, 0.1) is 17.4 Å². The lowest BCUT2D eigenvalue weighted by Gasteiger charge is -2.09. The molecule has 150 valence electrons. The van der Waals surface area contributed by atoms with Crippen molar-refractivity contribution in [1.82, 2.24) is 24.3 Å². The van der Waals surface area contributed by atoms with Crippen LogP contribution in [0.25, 0.3) is 27.8 Å². The molecular weight excluding hydrogens is 399 g/mol. The minimum atomic E-state index is -4.49. The van der Waals surface area contributed by atoms with Gasteiger partial charge in [0.15, 0.2) is 11.2 Å². The molecule has 5 rings (SSSR count). The van der Waals surface area contributed by atoms with Gasteiger partial charge in [-0.25, -0.2) is 14.6 Å². The fourth-order valence-corrected chi connectivity index (χ4v) is 3.20. The molecule has 10 heteroatoms. The number of aromatic nitrogens is 5. The van der Waals surface area contributed by atoms with Gasteiger partial charge >= 0.3 is 6.18 Å². The first-order chi connectivity index (χ1) is 14.4. The number of fused-ring (bicyclic) bond motifs is 2. The van der Waals surface area contributed by atoms with Gasteiger partial charge in [0, 0.05) is 0 Å². The summed E-state index contributed by atoms with van der Waals surface area (Å²) in [6, 6.07) is 11.9. The van der Waals surface area contributed by atoms with Gasteiger partial charge in [0.25, 0.3) is 5.56 Å². The molecule has 7 nitrogen and oxygen atoms in total. The van der Waals surface area contributed by atoms with Crippen molar-refractivity contribution in [1.29, 1.82) is 0 Å². The Bertz CT molecular complexity index is 1420. The molecule has 0 fully saturated rings. The van der Waals surface area contributed by atoms with E-state index in [0.29, 0.717) is 17.0 Å². The summed E-state index contributed by atoms with van der Waals surface area (Å²) in [5, 5.41) is 4.24. The molecule has 0 saturated carbocycles. The zero-order valence-electron chi connectivity index (χ0n) is 15.2. The van der Waals surface area contributed by atoms with Crippen LogP contribution in [0.5, 0.6) is 0 Å². The minimum absolute atomic E-state index is 0.0607. The summed E-state index contributed by atoms with van der Waals surface area (Å²) in [5.41, 5.74) is 0.379. The molecular formula is C20H12F3N5O2. The van der Waals surface area contributed by atoms with Crippen LogP contribution in [0.2, 0.25) is 0 Å². The van der Waals surface area contributed by atoms with Crippen LogP contribution in [-0.2, 0) is 12.7 Å². The third kappa shape index (κ3) is 3.02. The van der Waals surface area contributed by atoms with Crippen LogP contribution in [0.1, 0.15) is 11.5 Å². The normalized spacial score (nSPS) is 12.1. The molecule has 0 spiro atoms. The van der Waals surface area contributed by atoms with E-state index in [1.807, 2.05) is 12.1 Å². The zero-order valence-corrected chi connectivity index (χ0v) is 15.2. The van der Waals surface area contributed by atoms with Gasteiger partial charge in [0.1, 0.15) is 23.8 Å². The number of nitrogens with zero attached hydrogens (tertiary/aromatic N) is 5. The lowest BCUT2D eigenvalue weighted by atomic mass is 10.2. The second-order valence-corrected chi connectivity index (χ2v) is 6.59. The molecule has 0 bridgehead atoms. The second-order valence-electron chi connectivity index (χ2n) is 6.59. The van der Waals surface area contributed by atoms with E-state index in [-0.39, 0.29) is 23.3 Å². The van der Waals surface area contributed by atoms with Crippen LogP contribution in [0.4, 0.5) is 13.2 Å². The van der Waals surface area contributed by atoms with Gasteiger partial charge in [-0.3, -0.25) is 9.36 Å². The maximum absolute atomic E-state index is 13.0. The first-order valence-corrected chi connectivity index (χ1v) is 8.85. The van der Waals surface area contributed by atoms with E-state index in [0.717, 1.165) is 12.1 Å².